The first-order valence-corrected chi connectivity index (χ1v) is 7.99. The molecule has 0 aliphatic carbocycles. The molecule has 0 saturated carbocycles. The van der Waals surface area contributed by atoms with E-state index in [9.17, 15) is 19.5 Å². The minimum Gasteiger partial charge on any atom is -0.550 e. The fourth-order valence-electron chi connectivity index (χ4n) is 2.66. The molecule has 1 aliphatic heterocycles. The Morgan fingerprint density at radius 2 is 2.00 bits per heavy atom. The first-order chi connectivity index (χ1) is 11.5. The molecule has 0 radical (unpaired) electrons. The maximum atomic E-state index is 11.9. The van der Waals surface area contributed by atoms with Crippen LogP contribution in [0.4, 0.5) is 11.4 Å². The zero-order valence-electron chi connectivity index (χ0n) is 14.7. The number of carbonyl (C=O) groups is 3. The molecule has 1 heterocycles. The molecule has 0 unspecified atom stereocenters. The second-order valence-corrected chi connectivity index (χ2v) is 5.66. The Bertz CT molecular complexity index is 635. The molecule has 0 atom stereocenters. The molecular formula is C17H21N2NaO5. The van der Waals surface area contributed by atoms with Crippen LogP contribution in [0, 0.1) is 0 Å². The van der Waals surface area contributed by atoms with Gasteiger partial charge in [0.25, 0.3) is 0 Å². The van der Waals surface area contributed by atoms with E-state index in [0.29, 0.717) is 42.9 Å². The van der Waals surface area contributed by atoms with Crippen molar-refractivity contribution in [2.24, 2.45) is 0 Å². The smallest absolute Gasteiger partial charge is 0.550 e. The molecule has 1 N–H and O–H groups in total. The largest absolute Gasteiger partial charge is 1.00 e. The Labute approximate surface area is 169 Å². The molecule has 1 aliphatic rings. The average molecular weight is 356 g/mol. The van der Waals surface area contributed by atoms with Crippen LogP contribution >= 0.6 is 0 Å². The zero-order valence-corrected chi connectivity index (χ0v) is 16.7. The van der Waals surface area contributed by atoms with Gasteiger partial charge in [0.05, 0.1) is 12.8 Å². The molecule has 0 aromatic heterocycles. The van der Waals surface area contributed by atoms with Crippen molar-refractivity contribution in [2.45, 2.75) is 38.5 Å². The zero-order chi connectivity index (χ0) is 17.5. The van der Waals surface area contributed by atoms with Crippen LogP contribution in [0.2, 0.25) is 0 Å². The standard InChI is InChI=1S/C17H22N2O5.Na/c1-24-14-11-12(18-15(20)5-2-3-7-17(22)23)8-9-13(14)19-10-4-6-16(19)21;/h8-9,11H,2-7,10H2,1H3,(H,18,20)(H,22,23);/q;+1/p-1. The maximum absolute atomic E-state index is 11.9. The van der Waals surface area contributed by atoms with Crippen LogP contribution in [0.15, 0.2) is 18.2 Å². The van der Waals surface area contributed by atoms with Crippen molar-refractivity contribution in [3.63, 3.8) is 0 Å². The van der Waals surface area contributed by atoms with Crippen molar-refractivity contribution in [3.8, 4) is 5.75 Å². The molecule has 0 bridgehead atoms. The second-order valence-electron chi connectivity index (χ2n) is 5.66. The van der Waals surface area contributed by atoms with E-state index in [0.717, 1.165) is 6.42 Å². The number of rotatable bonds is 8. The molecule has 0 spiro atoms. The predicted octanol–water partition coefficient (Wildman–Crippen LogP) is -1.93. The fourth-order valence-corrected chi connectivity index (χ4v) is 2.66. The minimum absolute atomic E-state index is 0. The number of carboxylic acids is 1. The summed E-state index contributed by atoms with van der Waals surface area (Å²) in [4.78, 5) is 35.7. The molecule has 1 aromatic rings. The number of anilines is 2. The van der Waals surface area contributed by atoms with Gasteiger partial charge >= 0.3 is 29.6 Å². The molecule has 25 heavy (non-hydrogen) atoms. The van der Waals surface area contributed by atoms with Crippen molar-refractivity contribution in [1.29, 1.82) is 0 Å². The van der Waals surface area contributed by atoms with Gasteiger partial charge in [0, 0.05) is 37.1 Å². The number of carbonyl (C=O) groups excluding carboxylic acids is 3. The van der Waals surface area contributed by atoms with Gasteiger partial charge in [-0.25, -0.2) is 0 Å². The number of hydrogen-bond donors (Lipinski definition) is 1. The number of nitrogens with zero attached hydrogens (tertiary/aromatic N) is 1. The van der Waals surface area contributed by atoms with E-state index in [-0.39, 0.29) is 54.2 Å². The van der Waals surface area contributed by atoms with Gasteiger partial charge in [0.2, 0.25) is 11.8 Å². The number of unbranched alkanes of at least 4 members (excludes halogenated alkanes) is 1. The van der Waals surface area contributed by atoms with Crippen LogP contribution < -0.4 is 49.6 Å². The van der Waals surface area contributed by atoms with Gasteiger partial charge in [-0.2, -0.15) is 0 Å². The predicted molar refractivity (Wildman–Crippen MR) is 86.7 cm³/mol. The van der Waals surface area contributed by atoms with E-state index in [1.54, 1.807) is 23.1 Å². The molecule has 1 aromatic carbocycles. The topological polar surface area (TPSA) is 98.8 Å². The number of benzene rings is 1. The van der Waals surface area contributed by atoms with Crippen LogP contribution in [-0.4, -0.2) is 31.4 Å². The van der Waals surface area contributed by atoms with E-state index in [2.05, 4.69) is 5.32 Å². The van der Waals surface area contributed by atoms with Gasteiger partial charge in [-0.3, -0.25) is 9.59 Å². The van der Waals surface area contributed by atoms with Crippen LogP contribution in [0.25, 0.3) is 0 Å². The van der Waals surface area contributed by atoms with Crippen molar-refractivity contribution in [1.82, 2.24) is 0 Å². The SMILES string of the molecule is COc1cc(NC(=O)CCCCC(=O)[O-])ccc1N1CCCC1=O.[Na+]. The third-order valence-electron chi connectivity index (χ3n) is 3.86. The maximum Gasteiger partial charge on any atom is 1.00 e. The van der Waals surface area contributed by atoms with Crippen molar-refractivity contribution < 1.29 is 53.8 Å². The quantitative estimate of drug-likeness (QED) is 0.432. The molecule has 2 amide bonds. The van der Waals surface area contributed by atoms with Crippen LogP contribution in [0.3, 0.4) is 0 Å². The summed E-state index contributed by atoms with van der Waals surface area (Å²) in [6, 6.07) is 5.16. The van der Waals surface area contributed by atoms with E-state index < -0.39 is 5.97 Å². The van der Waals surface area contributed by atoms with E-state index >= 15 is 0 Å². The van der Waals surface area contributed by atoms with Gasteiger partial charge in [-0.05, 0) is 37.8 Å². The van der Waals surface area contributed by atoms with Gasteiger partial charge in [-0.1, -0.05) is 0 Å². The normalized spacial score (nSPS) is 13.3. The van der Waals surface area contributed by atoms with Gasteiger partial charge in [-0.15, -0.1) is 0 Å². The Morgan fingerprint density at radius 3 is 2.60 bits per heavy atom. The summed E-state index contributed by atoms with van der Waals surface area (Å²) >= 11 is 0. The van der Waals surface area contributed by atoms with Crippen LogP contribution in [0.1, 0.15) is 38.5 Å². The second kappa shape index (κ2) is 10.4. The number of aliphatic carboxylic acids is 1. The summed E-state index contributed by atoms with van der Waals surface area (Å²) < 4.78 is 5.34. The van der Waals surface area contributed by atoms with Crippen LogP contribution in [0.5, 0.6) is 5.75 Å². The fraction of sp³-hybridized carbons (Fsp3) is 0.471. The Balaban J connectivity index is 0.00000312. The van der Waals surface area contributed by atoms with E-state index in [1.165, 1.54) is 7.11 Å². The number of methoxy groups -OCH3 is 1. The molecule has 2 rings (SSSR count). The summed E-state index contributed by atoms with van der Waals surface area (Å²) in [5.41, 5.74) is 1.28. The molecule has 1 fully saturated rings. The third kappa shape index (κ3) is 6.34. The van der Waals surface area contributed by atoms with Crippen molar-refractivity contribution in [3.05, 3.63) is 18.2 Å². The van der Waals surface area contributed by atoms with Crippen molar-refractivity contribution >= 4 is 29.2 Å². The molecule has 8 heteroatoms. The number of ether oxygens (including phenoxy) is 1. The molecule has 130 valence electrons. The summed E-state index contributed by atoms with van der Waals surface area (Å²) in [7, 11) is 1.52. The number of carboxylic acid groups (broad SMARTS) is 1. The Morgan fingerprint density at radius 1 is 1.28 bits per heavy atom. The van der Waals surface area contributed by atoms with Crippen LogP contribution in [-0.2, 0) is 14.4 Å². The summed E-state index contributed by atoms with van der Waals surface area (Å²) in [6.45, 7) is 0.666. The molecular weight excluding hydrogens is 335 g/mol. The summed E-state index contributed by atoms with van der Waals surface area (Å²) in [6.07, 6.45) is 2.45. The van der Waals surface area contributed by atoms with Gasteiger partial charge < -0.3 is 24.9 Å². The Kier molecular flexibility index (Phi) is 8.96. The molecule has 1 saturated heterocycles. The van der Waals surface area contributed by atoms with E-state index in [1.807, 2.05) is 0 Å². The van der Waals surface area contributed by atoms with Crippen molar-refractivity contribution in [2.75, 3.05) is 23.9 Å². The Hall–Kier alpha value is -1.57. The monoisotopic (exact) mass is 356 g/mol. The average Bonchev–Trinajstić information content (AvgIpc) is 2.97. The summed E-state index contributed by atoms with van der Waals surface area (Å²) in [5.74, 6) is -0.703. The number of hydrogen-bond acceptors (Lipinski definition) is 5. The van der Waals surface area contributed by atoms with E-state index in [4.69, 9.17) is 4.74 Å². The molecule has 7 nitrogen and oxygen atoms in total. The first kappa shape index (κ1) is 21.5. The van der Waals surface area contributed by atoms with Gasteiger partial charge in [0.15, 0.2) is 0 Å². The number of amides is 2. The number of nitrogens with one attached hydrogen (secondary N) is 1. The summed E-state index contributed by atoms with van der Waals surface area (Å²) in [5, 5.41) is 13.1. The van der Waals surface area contributed by atoms with Gasteiger partial charge in [0.1, 0.15) is 5.75 Å². The first-order valence-electron chi connectivity index (χ1n) is 7.99. The third-order valence-corrected chi connectivity index (χ3v) is 3.86. The minimum atomic E-state index is -1.10.